The summed E-state index contributed by atoms with van der Waals surface area (Å²) in [5.41, 5.74) is 4.95. The number of nitrogens with two attached hydrogens (primary N) is 1. The number of ketones is 1. The van der Waals surface area contributed by atoms with Gasteiger partial charge in [0.05, 0.1) is 23.9 Å². The van der Waals surface area contributed by atoms with Gasteiger partial charge in [-0.1, -0.05) is 12.2 Å². The van der Waals surface area contributed by atoms with Gasteiger partial charge in [0.2, 0.25) is 23.3 Å². The second-order valence-electron chi connectivity index (χ2n) is 8.40. The molecule has 0 spiro atoms. The predicted octanol–water partition coefficient (Wildman–Crippen LogP) is 2.95. The second kappa shape index (κ2) is 13.4. The van der Waals surface area contributed by atoms with Gasteiger partial charge in [0, 0.05) is 6.42 Å². The zero-order chi connectivity index (χ0) is 28.6. The van der Waals surface area contributed by atoms with Crippen LogP contribution in [-0.2, 0) is 9.59 Å². The normalized spacial score (nSPS) is 13.9. The number of aromatic nitrogens is 1. The molecule has 0 bridgehead atoms. The number of hydrogen-bond donors (Lipinski definition) is 4. The molecule has 1 unspecified atom stereocenters. The van der Waals surface area contributed by atoms with Gasteiger partial charge in [-0.05, 0) is 50.8 Å². The summed E-state index contributed by atoms with van der Waals surface area (Å²) in [7, 11) is 0. The van der Waals surface area contributed by atoms with E-state index < -0.39 is 89.5 Å². The molecule has 9 nitrogen and oxygen atoms in total. The third-order valence-corrected chi connectivity index (χ3v) is 5.41. The lowest BCUT2D eigenvalue weighted by Crippen LogP contribution is -2.53. The third-order valence-electron chi connectivity index (χ3n) is 5.21. The highest BCUT2D eigenvalue weighted by Gasteiger charge is 2.31. The minimum atomic E-state index is -4.49. The highest BCUT2D eigenvalue weighted by atomic mass is 32.1. The van der Waals surface area contributed by atoms with Crippen LogP contribution in [0, 0.1) is 11.6 Å². The van der Waals surface area contributed by atoms with Crippen LogP contribution in [-0.4, -0.2) is 57.0 Å². The highest BCUT2D eigenvalue weighted by Crippen LogP contribution is 2.24. The summed E-state index contributed by atoms with van der Waals surface area (Å²) in [6.07, 6.45) is -6.76. The molecule has 1 heterocycles. The van der Waals surface area contributed by atoms with Crippen LogP contribution in [0.3, 0.4) is 0 Å². The maximum Gasteiger partial charge on any atom is 0.389 e. The number of oxazole rings is 1. The molecule has 2 rings (SSSR count). The summed E-state index contributed by atoms with van der Waals surface area (Å²) in [5, 5.41) is 14.2. The fraction of sp³-hybridized carbons (Fsp3) is 0.435. The molecule has 0 fully saturated rings. The molecule has 0 radical (unpaired) electrons. The van der Waals surface area contributed by atoms with E-state index in [4.69, 9.17) is 10.2 Å². The molecule has 0 aliphatic rings. The van der Waals surface area contributed by atoms with Gasteiger partial charge in [0.1, 0.15) is 22.7 Å². The lowest BCUT2D eigenvalue weighted by Gasteiger charge is -2.23. The fourth-order valence-corrected chi connectivity index (χ4v) is 3.43. The molecular weight excluding hydrogens is 539 g/mol. The molecule has 2 aromatic rings. The Kier molecular flexibility index (Phi) is 10.8. The standard InChI is InChI=1S/C23H25F5N4O5S/c1-11(33)4-7-16(20(35)31-15(18(34)19(29)38)3-2-8-23(26,27)28)32-21(36)17-10-30-22(37-17)13-9-12(24)5-6-14(13)25/h5-6,9-11,15-16,33H,2-4,7-8H2,1H3,(H2,29,38)(H,31,35)(H,32,36)/t11?,15-,16-/m0/s1. The van der Waals surface area contributed by atoms with Crippen molar-refractivity contribution < 1.29 is 45.9 Å². The van der Waals surface area contributed by atoms with E-state index in [-0.39, 0.29) is 18.4 Å². The first kappa shape index (κ1) is 30.8. The number of halogens is 5. The average molecular weight is 565 g/mol. The molecular formula is C23H25F5N4O5S. The van der Waals surface area contributed by atoms with Gasteiger partial charge in [0.25, 0.3) is 5.91 Å². The van der Waals surface area contributed by atoms with E-state index in [1.807, 2.05) is 0 Å². The zero-order valence-electron chi connectivity index (χ0n) is 20.0. The Balaban J connectivity index is 2.19. The third kappa shape index (κ3) is 9.45. The number of nitrogens with zero attached hydrogens (tertiary/aromatic N) is 1. The molecule has 208 valence electrons. The Morgan fingerprint density at radius 3 is 2.42 bits per heavy atom. The molecule has 5 N–H and O–H groups in total. The number of benzene rings is 1. The van der Waals surface area contributed by atoms with Gasteiger partial charge in [-0.25, -0.2) is 13.8 Å². The number of amides is 2. The smallest absolute Gasteiger partial charge is 0.389 e. The van der Waals surface area contributed by atoms with Gasteiger partial charge in [-0.2, -0.15) is 13.2 Å². The van der Waals surface area contributed by atoms with Crippen LogP contribution < -0.4 is 16.4 Å². The van der Waals surface area contributed by atoms with Crippen molar-refractivity contribution in [3.05, 3.63) is 41.8 Å². The Morgan fingerprint density at radius 2 is 1.82 bits per heavy atom. The van der Waals surface area contributed by atoms with Crippen LogP contribution in [0.15, 0.2) is 28.8 Å². The summed E-state index contributed by atoms with van der Waals surface area (Å²) >= 11 is 4.60. The monoisotopic (exact) mass is 564 g/mol. The van der Waals surface area contributed by atoms with Gasteiger partial charge < -0.3 is 25.9 Å². The van der Waals surface area contributed by atoms with Gasteiger partial charge in [0.15, 0.2) is 0 Å². The number of Topliss-reactive ketones (excluding diaryl/α,β-unsaturated/α-hetero) is 1. The summed E-state index contributed by atoms with van der Waals surface area (Å²) in [6, 6.07) is -0.356. The molecule has 0 aliphatic carbocycles. The number of carbonyl (C=O) groups excluding carboxylic acids is 3. The van der Waals surface area contributed by atoms with Crippen molar-refractivity contribution in [2.75, 3.05) is 0 Å². The van der Waals surface area contributed by atoms with E-state index in [0.717, 1.165) is 24.4 Å². The number of thiocarbonyl (C=S) groups is 1. The number of carbonyl (C=O) groups is 3. The maximum absolute atomic E-state index is 14.0. The van der Waals surface area contributed by atoms with Gasteiger partial charge in [-0.3, -0.25) is 14.4 Å². The summed E-state index contributed by atoms with van der Waals surface area (Å²) < 4.78 is 70.3. The molecule has 0 saturated carbocycles. The van der Waals surface area contributed by atoms with E-state index in [1.54, 1.807) is 0 Å². The average Bonchev–Trinajstić information content (AvgIpc) is 3.31. The van der Waals surface area contributed by atoms with Crippen molar-refractivity contribution in [2.45, 2.75) is 63.4 Å². The molecule has 2 amide bonds. The minimum Gasteiger partial charge on any atom is -0.431 e. The van der Waals surface area contributed by atoms with Crippen LogP contribution in [0.2, 0.25) is 0 Å². The first-order valence-electron chi connectivity index (χ1n) is 11.3. The number of aliphatic hydroxyl groups is 1. The largest absolute Gasteiger partial charge is 0.431 e. The zero-order valence-corrected chi connectivity index (χ0v) is 20.8. The van der Waals surface area contributed by atoms with Crippen molar-refractivity contribution in [1.29, 1.82) is 0 Å². The molecule has 38 heavy (non-hydrogen) atoms. The van der Waals surface area contributed by atoms with E-state index in [9.17, 15) is 41.4 Å². The lowest BCUT2D eigenvalue weighted by molar-refractivity contribution is -0.136. The maximum atomic E-state index is 14.0. The van der Waals surface area contributed by atoms with E-state index in [2.05, 4.69) is 27.8 Å². The van der Waals surface area contributed by atoms with Crippen molar-refractivity contribution in [1.82, 2.24) is 15.6 Å². The molecule has 3 atom stereocenters. The van der Waals surface area contributed by atoms with Crippen LogP contribution in [0.1, 0.15) is 49.6 Å². The van der Waals surface area contributed by atoms with Gasteiger partial charge >= 0.3 is 6.18 Å². The summed E-state index contributed by atoms with van der Waals surface area (Å²) in [5.74, 6) is -5.46. The Bertz CT molecular complexity index is 1170. The first-order valence-corrected chi connectivity index (χ1v) is 11.7. The number of alkyl halides is 3. The van der Waals surface area contributed by atoms with E-state index in [0.29, 0.717) is 0 Å². The van der Waals surface area contributed by atoms with E-state index in [1.165, 1.54) is 6.92 Å². The number of aliphatic hydroxyl groups excluding tert-OH is 1. The lowest BCUT2D eigenvalue weighted by atomic mass is 10.0. The van der Waals surface area contributed by atoms with Gasteiger partial charge in [-0.15, -0.1) is 0 Å². The predicted molar refractivity (Wildman–Crippen MR) is 128 cm³/mol. The van der Waals surface area contributed by atoms with Crippen molar-refractivity contribution in [3.8, 4) is 11.5 Å². The number of hydrogen-bond acceptors (Lipinski definition) is 7. The molecule has 15 heteroatoms. The quantitative estimate of drug-likeness (QED) is 0.215. The number of nitrogens with one attached hydrogen (secondary N) is 2. The van der Waals surface area contributed by atoms with Crippen LogP contribution in [0.25, 0.3) is 11.5 Å². The van der Waals surface area contributed by atoms with Crippen molar-refractivity contribution in [2.24, 2.45) is 5.73 Å². The number of rotatable bonds is 13. The van der Waals surface area contributed by atoms with Crippen LogP contribution in [0.5, 0.6) is 0 Å². The van der Waals surface area contributed by atoms with Crippen molar-refractivity contribution in [3.63, 3.8) is 0 Å². The van der Waals surface area contributed by atoms with E-state index >= 15 is 0 Å². The van der Waals surface area contributed by atoms with Crippen molar-refractivity contribution >= 4 is 34.8 Å². The SMILES string of the molecule is CC(O)CC[C@H](NC(=O)c1cnc(-c2cc(F)ccc2F)o1)C(=O)N[C@@H](CCCC(F)(F)F)C(=O)C(N)=S. The molecule has 0 aliphatic heterocycles. The Hall–Kier alpha value is -3.46. The Morgan fingerprint density at radius 1 is 1.13 bits per heavy atom. The Labute approximate surface area is 219 Å². The molecule has 1 aromatic carbocycles. The molecule has 1 aromatic heterocycles. The van der Waals surface area contributed by atoms with Crippen LogP contribution >= 0.6 is 12.2 Å². The highest BCUT2D eigenvalue weighted by molar-refractivity contribution is 7.82. The fourth-order valence-electron chi connectivity index (χ4n) is 3.29. The first-order chi connectivity index (χ1) is 17.7. The summed E-state index contributed by atoms with van der Waals surface area (Å²) in [4.78, 5) is 41.0. The molecule has 0 saturated heterocycles. The second-order valence-corrected chi connectivity index (χ2v) is 8.84. The van der Waals surface area contributed by atoms with Crippen LogP contribution in [0.4, 0.5) is 22.0 Å². The topological polar surface area (TPSA) is 148 Å². The minimum absolute atomic E-state index is 0.0104. The summed E-state index contributed by atoms with van der Waals surface area (Å²) in [6.45, 7) is 1.42.